The SMILES string of the molecule is Cc1ccc(CC(=O)N2CCC[C@@]3(CCC(=O)N(C4CC4)C3)C2)cc1C. The van der Waals surface area contributed by atoms with Gasteiger partial charge >= 0.3 is 0 Å². The molecule has 2 amide bonds. The average molecular weight is 354 g/mol. The topological polar surface area (TPSA) is 40.6 Å². The van der Waals surface area contributed by atoms with Gasteiger partial charge in [-0.05, 0) is 62.6 Å². The molecule has 0 radical (unpaired) electrons. The van der Waals surface area contributed by atoms with Gasteiger partial charge in [-0.2, -0.15) is 0 Å². The molecule has 2 saturated heterocycles. The highest BCUT2D eigenvalue weighted by Crippen LogP contribution is 2.42. The van der Waals surface area contributed by atoms with E-state index in [4.69, 9.17) is 0 Å². The number of benzene rings is 1. The van der Waals surface area contributed by atoms with E-state index in [1.54, 1.807) is 0 Å². The molecule has 2 heterocycles. The third-order valence-corrected chi connectivity index (χ3v) is 6.62. The molecule has 0 unspecified atom stereocenters. The van der Waals surface area contributed by atoms with Gasteiger partial charge in [0.25, 0.3) is 0 Å². The molecule has 0 N–H and O–H groups in total. The largest absolute Gasteiger partial charge is 0.342 e. The Kier molecular flexibility index (Phi) is 4.54. The Labute approximate surface area is 156 Å². The Morgan fingerprint density at radius 2 is 1.96 bits per heavy atom. The zero-order valence-electron chi connectivity index (χ0n) is 16.1. The van der Waals surface area contributed by atoms with E-state index in [2.05, 4.69) is 41.8 Å². The van der Waals surface area contributed by atoms with Crippen molar-refractivity contribution in [1.82, 2.24) is 9.80 Å². The van der Waals surface area contributed by atoms with Gasteiger partial charge in [-0.15, -0.1) is 0 Å². The fourth-order valence-electron chi connectivity index (χ4n) is 4.72. The lowest BCUT2D eigenvalue weighted by atomic mass is 9.73. The van der Waals surface area contributed by atoms with Crippen molar-refractivity contribution >= 4 is 11.8 Å². The second-order valence-electron chi connectivity index (χ2n) is 8.77. The lowest BCUT2D eigenvalue weighted by Crippen LogP contribution is -2.55. The first-order valence-corrected chi connectivity index (χ1v) is 10.1. The molecular formula is C22H30N2O2. The zero-order valence-corrected chi connectivity index (χ0v) is 16.1. The normalized spacial score (nSPS) is 26.5. The van der Waals surface area contributed by atoms with E-state index in [-0.39, 0.29) is 11.3 Å². The fourth-order valence-corrected chi connectivity index (χ4v) is 4.72. The Bertz CT molecular complexity index is 725. The Balaban J connectivity index is 1.43. The molecule has 1 aromatic carbocycles. The number of hydrogen-bond donors (Lipinski definition) is 0. The summed E-state index contributed by atoms with van der Waals surface area (Å²) in [4.78, 5) is 29.4. The second-order valence-corrected chi connectivity index (χ2v) is 8.77. The van der Waals surface area contributed by atoms with Crippen LogP contribution in [0.15, 0.2) is 18.2 Å². The molecule has 1 saturated carbocycles. The van der Waals surface area contributed by atoms with E-state index >= 15 is 0 Å². The van der Waals surface area contributed by atoms with Crippen LogP contribution >= 0.6 is 0 Å². The van der Waals surface area contributed by atoms with Crippen LogP contribution in [0.25, 0.3) is 0 Å². The van der Waals surface area contributed by atoms with Crippen LogP contribution in [0.3, 0.4) is 0 Å². The van der Waals surface area contributed by atoms with Gasteiger partial charge in [0.15, 0.2) is 0 Å². The van der Waals surface area contributed by atoms with Crippen LogP contribution in [0.4, 0.5) is 0 Å². The summed E-state index contributed by atoms with van der Waals surface area (Å²) in [5.41, 5.74) is 3.76. The van der Waals surface area contributed by atoms with Crippen LogP contribution in [0.5, 0.6) is 0 Å². The standard InChI is InChI=1S/C22H30N2O2/c1-16-4-5-18(12-17(16)2)13-21(26)23-11-3-9-22(14-23)10-8-20(25)24(15-22)19-6-7-19/h4-5,12,19H,3,6-11,13-15H2,1-2H3/t22-/m1/s1. The molecule has 0 aromatic heterocycles. The maximum absolute atomic E-state index is 12.9. The van der Waals surface area contributed by atoms with Gasteiger partial charge in [0.2, 0.25) is 11.8 Å². The number of rotatable bonds is 3. The van der Waals surface area contributed by atoms with Gasteiger partial charge in [-0.3, -0.25) is 9.59 Å². The first kappa shape index (κ1) is 17.6. The van der Waals surface area contributed by atoms with Crippen LogP contribution in [0, 0.1) is 19.3 Å². The van der Waals surface area contributed by atoms with Crippen molar-refractivity contribution in [2.75, 3.05) is 19.6 Å². The highest BCUT2D eigenvalue weighted by Gasteiger charge is 2.46. The van der Waals surface area contributed by atoms with E-state index in [9.17, 15) is 9.59 Å². The first-order valence-electron chi connectivity index (χ1n) is 10.1. The smallest absolute Gasteiger partial charge is 0.227 e. The Morgan fingerprint density at radius 1 is 1.15 bits per heavy atom. The lowest BCUT2D eigenvalue weighted by Gasteiger charge is -2.48. The van der Waals surface area contributed by atoms with Crippen molar-refractivity contribution in [3.63, 3.8) is 0 Å². The molecule has 3 aliphatic rings. The highest BCUT2D eigenvalue weighted by atomic mass is 16.2. The van der Waals surface area contributed by atoms with E-state index in [1.165, 1.54) is 11.1 Å². The Morgan fingerprint density at radius 3 is 2.69 bits per heavy atom. The molecule has 2 aliphatic heterocycles. The molecule has 3 fully saturated rings. The number of aryl methyl sites for hydroxylation is 2. The minimum atomic E-state index is 0.133. The van der Waals surface area contributed by atoms with Crippen molar-refractivity contribution in [3.8, 4) is 0 Å². The molecule has 0 bridgehead atoms. The number of nitrogens with zero attached hydrogens (tertiary/aromatic N) is 2. The molecule has 140 valence electrons. The van der Waals surface area contributed by atoms with E-state index in [0.29, 0.717) is 24.8 Å². The van der Waals surface area contributed by atoms with E-state index in [0.717, 1.165) is 57.3 Å². The van der Waals surface area contributed by atoms with Gasteiger partial charge in [-0.25, -0.2) is 0 Å². The fraction of sp³-hybridized carbons (Fsp3) is 0.636. The number of likely N-dealkylation sites (tertiary alicyclic amines) is 2. The molecule has 1 aliphatic carbocycles. The monoisotopic (exact) mass is 354 g/mol. The van der Waals surface area contributed by atoms with Crippen LogP contribution in [-0.2, 0) is 16.0 Å². The number of amides is 2. The number of hydrogen-bond acceptors (Lipinski definition) is 2. The van der Waals surface area contributed by atoms with Crippen molar-refractivity contribution in [1.29, 1.82) is 0 Å². The van der Waals surface area contributed by atoms with Gasteiger partial charge in [0.05, 0.1) is 6.42 Å². The molecule has 4 nitrogen and oxygen atoms in total. The van der Waals surface area contributed by atoms with Crippen LogP contribution in [-0.4, -0.2) is 47.3 Å². The summed E-state index contributed by atoms with van der Waals surface area (Å²) in [6.45, 7) is 6.76. The third-order valence-electron chi connectivity index (χ3n) is 6.62. The zero-order chi connectivity index (χ0) is 18.3. The summed E-state index contributed by atoms with van der Waals surface area (Å²) < 4.78 is 0. The van der Waals surface area contributed by atoms with E-state index in [1.807, 2.05) is 0 Å². The Hall–Kier alpha value is -1.84. The van der Waals surface area contributed by atoms with Gasteiger partial charge in [0.1, 0.15) is 0 Å². The molecule has 1 spiro atoms. The van der Waals surface area contributed by atoms with Crippen LogP contribution < -0.4 is 0 Å². The van der Waals surface area contributed by atoms with Crippen molar-refractivity contribution in [2.24, 2.45) is 5.41 Å². The predicted molar refractivity (Wildman–Crippen MR) is 102 cm³/mol. The highest BCUT2D eigenvalue weighted by molar-refractivity contribution is 5.80. The maximum atomic E-state index is 12.9. The average Bonchev–Trinajstić information content (AvgIpc) is 3.46. The number of carbonyl (C=O) groups is 2. The minimum Gasteiger partial charge on any atom is -0.342 e. The number of carbonyl (C=O) groups excluding carboxylic acids is 2. The van der Waals surface area contributed by atoms with Crippen molar-refractivity contribution in [3.05, 3.63) is 34.9 Å². The van der Waals surface area contributed by atoms with Crippen molar-refractivity contribution < 1.29 is 9.59 Å². The maximum Gasteiger partial charge on any atom is 0.227 e. The molecule has 1 atom stereocenters. The second kappa shape index (κ2) is 6.71. The van der Waals surface area contributed by atoms with Crippen LogP contribution in [0.1, 0.15) is 55.2 Å². The lowest BCUT2D eigenvalue weighted by molar-refractivity contribution is -0.143. The molecule has 4 rings (SSSR count). The number of piperidine rings is 2. The summed E-state index contributed by atoms with van der Waals surface area (Å²) in [5.74, 6) is 0.568. The van der Waals surface area contributed by atoms with Crippen LogP contribution in [0.2, 0.25) is 0 Å². The van der Waals surface area contributed by atoms with Gasteiger partial charge in [-0.1, -0.05) is 18.2 Å². The quantitative estimate of drug-likeness (QED) is 0.836. The minimum absolute atomic E-state index is 0.133. The van der Waals surface area contributed by atoms with Gasteiger partial charge < -0.3 is 9.80 Å². The summed E-state index contributed by atoms with van der Waals surface area (Å²) in [5, 5.41) is 0. The summed E-state index contributed by atoms with van der Waals surface area (Å²) in [6, 6.07) is 6.81. The third kappa shape index (κ3) is 3.51. The first-order chi connectivity index (χ1) is 12.5. The summed E-state index contributed by atoms with van der Waals surface area (Å²) in [7, 11) is 0. The molecule has 1 aromatic rings. The van der Waals surface area contributed by atoms with Crippen molar-refractivity contribution in [2.45, 2.75) is 64.8 Å². The van der Waals surface area contributed by atoms with E-state index < -0.39 is 0 Å². The van der Waals surface area contributed by atoms with Gasteiger partial charge in [0, 0.05) is 37.5 Å². The molecule has 26 heavy (non-hydrogen) atoms. The predicted octanol–water partition coefficient (Wildman–Crippen LogP) is 3.24. The summed E-state index contributed by atoms with van der Waals surface area (Å²) >= 11 is 0. The molecule has 4 heteroatoms. The molecular weight excluding hydrogens is 324 g/mol. The summed E-state index contributed by atoms with van der Waals surface area (Å²) in [6.07, 6.45) is 6.64.